The number of esters is 3. The molecule has 0 N–H and O–H groups in total. The van der Waals surface area contributed by atoms with Crippen LogP contribution < -0.4 is 0 Å². The van der Waals surface area contributed by atoms with Crippen LogP contribution in [0.25, 0.3) is 0 Å². The molecule has 0 aliphatic carbocycles. The van der Waals surface area contributed by atoms with E-state index in [1.165, 1.54) is 193 Å². The topological polar surface area (TPSA) is 78.9 Å². The van der Waals surface area contributed by atoms with E-state index in [9.17, 15) is 14.4 Å². The standard InChI is InChI=1S/C55H106O6/c1-6-8-9-10-11-12-13-14-15-16-17-18-19-20-21-24-30-35-40-45-53(56)59-48-52(61-55(58)47-42-37-32-25-22-23-28-33-38-43-50(3)4)49-60-54(57)46-41-36-31-27-26-29-34-39-44-51(5)7-2/h50-52H,6-49H2,1-5H3/t51?,52-/m1/s1. The zero-order chi connectivity index (χ0) is 44.7. The molecule has 0 rings (SSSR count). The minimum Gasteiger partial charge on any atom is -0.462 e. The molecule has 0 aromatic carbocycles. The molecule has 0 aliphatic rings. The number of hydrogen-bond donors (Lipinski definition) is 0. The van der Waals surface area contributed by atoms with Crippen molar-refractivity contribution in [3.05, 3.63) is 0 Å². The number of ether oxygens (including phenoxy) is 3. The summed E-state index contributed by atoms with van der Waals surface area (Å²) in [5.41, 5.74) is 0. The average molecular weight is 863 g/mol. The van der Waals surface area contributed by atoms with E-state index in [0.717, 1.165) is 69.6 Å². The summed E-state index contributed by atoms with van der Waals surface area (Å²) in [4.78, 5) is 38.0. The summed E-state index contributed by atoms with van der Waals surface area (Å²) in [7, 11) is 0. The van der Waals surface area contributed by atoms with E-state index < -0.39 is 6.10 Å². The van der Waals surface area contributed by atoms with Crippen LogP contribution in [0.5, 0.6) is 0 Å². The Morgan fingerprint density at radius 2 is 0.623 bits per heavy atom. The molecule has 2 atom stereocenters. The minimum absolute atomic E-state index is 0.0640. The summed E-state index contributed by atoms with van der Waals surface area (Å²) in [6.45, 7) is 11.4. The summed E-state index contributed by atoms with van der Waals surface area (Å²) >= 11 is 0. The van der Waals surface area contributed by atoms with Crippen LogP contribution in [-0.2, 0) is 28.6 Å². The monoisotopic (exact) mass is 863 g/mol. The van der Waals surface area contributed by atoms with Gasteiger partial charge in [0, 0.05) is 19.3 Å². The van der Waals surface area contributed by atoms with Crippen molar-refractivity contribution in [3.8, 4) is 0 Å². The van der Waals surface area contributed by atoms with Crippen LogP contribution in [0.4, 0.5) is 0 Å². The molecule has 0 fully saturated rings. The van der Waals surface area contributed by atoms with E-state index in [1.54, 1.807) is 0 Å². The molecule has 0 saturated heterocycles. The van der Waals surface area contributed by atoms with Crippen LogP contribution in [0.3, 0.4) is 0 Å². The van der Waals surface area contributed by atoms with E-state index in [4.69, 9.17) is 14.2 Å². The predicted octanol–water partition coefficient (Wildman–Crippen LogP) is 17.7. The van der Waals surface area contributed by atoms with Crippen molar-refractivity contribution in [3.63, 3.8) is 0 Å². The lowest BCUT2D eigenvalue weighted by Crippen LogP contribution is -2.30. The van der Waals surface area contributed by atoms with E-state index in [-0.39, 0.29) is 31.1 Å². The lowest BCUT2D eigenvalue weighted by molar-refractivity contribution is -0.167. The molecule has 0 heterocycles. The van der Waals surface area contributed by atoms with E-state index in [2.05, 4.69) is 34.6 Å². The molecule has 0 aliphatic heterocycles. The van der Waals surface area contributed by atoms with Crippen LogP contribution in [0.2, 0.25) is 0 Å². The predicted molar refractivity (Wildman–Crippen MR) is 261 cm³/mol. The van der Waals surface area contributed by atoms with Gasteiger partial charge in [-0.3, -0.25) is 14.4 Å². The maximum atomic E-state index is 12.8. The zero-order valence-electron chi connectivity index (χ0n) is 41.8. The summed E-state index contributed by atoms with van der Waals surface area (Å²) in [6.07, 6.45) is 49.5. The second-order valence-electron chi connectivity index (χ2n) is 19.6. The molecule has 0 aromatic heterocycles. The highest BCUT2D eigenvalue weighted by Crippen LogP contribution is 2.18. The highest BCUT2D eigenvalue weighted by atomic mass is 16.6. The second-order valence-corrected chi connectivity index (χ2v) is 19.6. The Morgan fingerprint density at radius 1 is 0.344 bits per heavy atom. The first kappa shape index (κ1) is 59.4. The van der Waals surface area contributed by atoms with Gasteiger partial charge < -0.3 is 14.2 Å². The van der Waals surface area contributed by atoms with Crippen LogP contribution in [-0.4, -0.2) is 37.2 Å². The molecule has 1 unspecified atom stereocenters. The van der Waals surface area contributed by atoms with Gasteiger partial charge in [0.25, 0.3) is 0 Å². The molecule has 0 bridgehead atoms. The van der Waals surface area contributed by atoms with Crippen molar-refractivity contribution in [2.45, 2.75) is 310 Å². The molecular formula is C55H106O6. The quantitative estimate of drug-likeness (QED) is 0.0344. The fourth-order valence-corrected chi connectivity index (χ4v) is 8.31. The van der Waals surface area contributed by atoms with Crippen LogP contribution in [0.1, 0.15) is 304 Å². The molecule has 0 spiro atoms. The highest BCUT2D eigenvalue weighted by Gasteiger charge is 2.19. The number of hydrogen-bond acceptors (Lipinski definition) is 6. The van der Waals surface area contributed by atoms with Gasteiger partial charge >= 0.3 is 17.9 Å². The third kappa shape index (κ3) is 47.7. The third-order valence-corrected chi connectivity index (χ3v) is 12.8. The second kappa shape index (κ2) is 47.9. The smallest absolute Gasteiger partial charge is 0.306 e. The van der Waals surface area contributed by atoms with Crippen molar-refractivity contribution in [1.82, 2.24) is 0 Å². The Morgan fingerprint density at radius 3 is 0.934 bits per heavy atom. The molecule has 362 valence electrons. The molecule has 0 aromatic rings. The summed E-state index contributed by atoms with van der Waals surface area (Å²) in [6, 6.07) is 0. The van der Waals surface area contributed by atoms with Crippen LogP contribution in [0, 0.1) is 11.8 Å². The Labute approximate surface area is 380 Å². The van der Waals surface area contributed by atoms with E-state index in [0.29, 0.717) is 19.3 Å². The normalized spacial score (nSPS) is 12.5. The zero-order valence-corrected chi connectivity index (χ0v) is 41.8. The van der Waals surface area contributed by atoms with Crippen molar-refractivity contribution < 1.29 is 28.6 Å². The Kier molecular flexibility index (Phi) is 46.6. The van der Waals surface area contributed by atoms with Crippen LogP contribution in [0.15, 0.2) is 0 Å². The third-order valence-electron chi connectivity index (χ3n) is 12.8. The highest BCUT2D eigenvalue weighted by molar-refractivity contribution is 5.71. The van der Waals surface area contributed by atoms with Gasteiger partial charge in [-0.2, -0.15) is 0 Å². The maximum Gasteiger partial charge on any atom is 0.306 e. The van der Waals surface area contributed by atoms with Crippen molar-refractivity contribution >= 4 is 17.9 Å². The van der Waals surface area contributed by atoms with Gasteiger partial charge in [0.1, 0.15) is 13.2 Å². The van der Waals surface area contributed by atoms with Crippen molar-refractivity contribution in [2.75, 3.05) is 13.2 Å². The van der Waals surface area contributed by atoms with Gasteiger partial charge in [0.15, 0.2) is 6.10 Å². The lowest BCUT2D eigenvalue weighted by Gasteiger charge is -2.18. The van der Waals surface area contributed by atoms with Gasteiger partial charge in [-0.25, -0.2) is 0 Å². The molecule has 61 heavy (non-hydrogen) atoms. The minimum atomic E-state index is -0.762. The largest absolute Gasteiger partial charge is 0.462 e. The lowest BCUT2D eigenvalue weighted by atomic mass is 9.99. The Bertz CT molecular complexity index is 933. The van der Waals surface area contributed by atoms with Crippen molar-refractivity contribution in [1.29, 1.82) is 0 Å². The number of rotatable bonds is 49. The van der Waals surface area contributed by atoms with E-state index >= 15 is 0 Å². The summed E-state index contributed by atoms with van der Waals surface area (Å²) < 4.78 is 16.8. The Balaban J connectivity index is 4.26. The van der Waals surface area contributed by atoms with Crippen molar-refractivity contribution in [2.24, 2.45) is 11.8 Å². The number of carbonyl (C=O) groups excluding carboxylic acids is 3. The molecule has 0 saturated carbocycles. The van der Waals surface area contributed by atoms with E-state index in [1.807, 2.05) is 0 Å². The summed E-state index contributed by atoms with van der Waals surface area (Å²) in [5, 5.41) is 0. The van der Waals surface area contributed by atoms with Gasteiger partial charge in [-0.1, -0.05) is 266 Å². The average Bonchev–Trinajstić information content (AvgIpc) is 3.24. The first-order chi connectivity index (χ1) is 29.8. The SMILES string of the molecule is CCCCCCCCCCCCCCCCCCCCCC(=O)OC[C@H](COC(=O)CCCCCCCCCCC(C)CC)OC(=O)CCCCCCCCCCCC(C)C. The first-order valence-electron chi connectivity index (χ1n) is 27.3. The van der Waals surface area contributed by atoms with Crippen LogP contribution >= 0.6 is 0 Å². The maximum absolute atomic E-state index is 12.8. The fraction of sp³-hybridized carbons (Fsp3) is 0.945. The number of unbranched alkanes of at least 4 members (excludes halogenated alkanes) is 33. The first-order valence-corrected chi connectivity index (χ1v) is 27.3. The van der Waals surface area contributed by atoms with Gasteiger partial charge in [-0.15, -0.1) is 0 Å². The van der Waals surface area contributed by atoms with Gasteiger partial charge in [0.2, 0.25) is 0 Å². The van der Waals surface area contributed by atoms with Gasteiger partial charge in [-0.05, 0) is 31.1 Å². The van der Waals surface area contributed by atoms with Gasteiger partial charge in [0.05, 0.1) is 0 Å². The number of carbonyl (C=O) groups is 3. The fourth-order valence-electron chi connectivity index (χ4n) is 8.31. The molecule has 0 radical (unpaired) electrons. The molecular weight excluding hydrogens is 757 g/mol. The molecule has 6 nitrogen and oxygen atoms in total. The molecule has 6 heteroatoms. The summed E-state index contributed by atoms with van der Waals surface area (Å²) in [5.74, 6) is 0.805. The molecule has 0 amide bonds. The Hall–Kier alpha value is -1.59.